The van der Waals surface area contributed by atoms with Gasteiger partial charge < -0.3 is 20.0 Å². The Hall–Kier alpha value is -2.11. The number of aliphatic hydroxyl groups excluding tert-OH is 1. The minimum atomic E-state index is -0.534. The maximum absolute atomic E-state index is 11.1. The number of nitrogens with zero attached hydrogens (tertiary/aromatic N) is 1. The number of carbonyl (C=O) groups is 1. The number of ether oxygens (including phenoxy) is 1. The highest BCUT2D eigenvalue weighted by molar-refractivity contribution is 5.52. The van der Waals surface area contributed by atoms with Gasteiger partial charge in [-0.1, -0.05) is 24.3 Å². The summed E-state index contributed by atoms with van der Waals surface area (Å²) in [6, 6.07) is 7.03. The van der Waals surface area contributed by atoms with Crippen LogP contribution < -0.4 is 10.1 Å². The van der Waals surface area contributed by atoms with Crippen LogP contribution in [0.25, 0.3) is 0 Å². The quantitative estimate of drug-likeness (QED) is 0.398. The van der Waals surface area contributed by atoms with Crippen LogP contribution in [0.4, 0.5) is 0 Å². The first-order valence-electron chi connectivity index (χ1n) is 9.86. The molecule has 3 rings (SSSR count). The third kappa shape index (κ3) is 5.44. The lowest BCUT2D eigenvalue weighted by Crippen LogP contribution is -2.31. The molecule has 5 nitrogen and oxygen atoms in total. The number of carbonyl (C=O) groups excluding carboxylic acids is 1. The molecule has 0 aliphatic carbocycles. The van der Waals surface area contributed by atoms with Gasteiger partial charge in [0.25, 0.3) is 0 Å². The summed E-state index contributed by atoms with van der Waals surface area (Å²) < 4.78 is 5.62. The zero-order valence-electron chi connectivity index (χ0n) is 16.0. The summed E-state index contributed by atoms with van der Waals surface area (Å²) in [6.45, 7) is 3.93. The van der Waals surface area contributed by atoms with Gasteiger partial charge in [-0.2, -0.15) is 0 Å². The van der Waals surface area contributed by atoms with Gasteiger partial charge in [0.1, 0.15) is 18.3 Å². The molecule has 27 heavy (non-hydrogen) atoms. The molecule has 0 amide bonds. The lowest BCUT2D eigenvalue weighted by Gasteiger charge is -2.21. The molecule has 1 fully saturated rings. The molecule has 0 aromatic heterocycles. The van der Waals surface area contributed by atoms with Crippen LogP contribution in [0.2, 0.25) is 0 Å². The first-order chi connectivity index (χ1) is 13.2. The molecule has 1 saturated heterocycles. The van der Waals surface area contributed by atoms with E-state index in [1.807, 2.05) is 12.2 Å². The second kappa shape index (κ2) is 9.72. The number of aliphatic hydroxyl groups is 1. The second-order valence-electron chi connectivity index (χ2n) is 7.38. The van der Waals surface area contributed by atoms with Crippen molar-refractivity contribution in [1.29, 1.82) is 0 Å². The number of aldehydes is 1. The Morgan fingerprint density at radius 2 is 2.30 bits per heavy atom. The molecular weight excluding hydrogens is 340 g/mol. The Balaban J connectivity index is 1.54. The Bertz CT molecular complexity index is 684. The first kappa shape index (κ1) is 19.6. The lowest BCUT2D eigenvalue weighted by molar-refractivity contribution is -0.109. The summed E-state index contributed by atoms with van der Waals surface area (Å²) >= 11 is 0. The molecule has 146 valence electrons. The highest BCUT2D eigenvalue weighted by Gasteiger charge is 2.32. The normalized spacial score (nSPS) is 23.6. The average Bonchev–Trinajstić information content (AvgIpc) is 3.27. The molecule has 0 spiro atoms. The van der Waals surface area contributed by atoms with Crippen LogP contribution in [0, 0.1) is 0 Å². The van der Waals surface area contributed by atoms with Crippen LogP contribution in [0.15, 0.2) is 42.6 Å². The predicted molar refractivity (Wildman–Crippen MR) is 107 cm³/mol. The molecule has 3 unspecified atom stereocenters. The van der Waals surface area contributed by atoms with Gasteiger partial charge in [-0.25, -0.2) is 0 Å². The second-order valence-corrected chi connectivity index (χ2v) is 7.38. The molecule has 5 heteroatoms. The number of hydrogen-bond donors (Lipinski definition) is 2. The minimum absolute atomic E-state index is 0.439. The molecule has 2 N–H and O–H groups in total. The van der Waals surface area contributed by atoms with Gasteiger partial charge in [0.05, 0.1) is 13.2 Å². The predicted octanol–water partition coefficient (Wildman–Crippen LogP) is 2.76. The maximum Gasteiger partial charge on any atom is 0.133 e. The van der Waals surface area contributed by atoms with Crippen molar-refractivity contribution in [2.45, 2.75) is 50.8 Å². The fourth-order valence-corrected chi connectivity index (χ4v) is 4.02. The van der Waals surface area contributed by atoms with Crippen molar-refractivity contribution in [3.8, 4) is 5.75 Å². The molecule has 2 aliphatic heterocycles. The van der Waals surface area contributed by atoms with Gasteiger partial charge in [0.2, 0.25) is 0 Å². The van der Waals surface area contributed by atoms with Crippen molar-refractivity contribution in [2.24, 2.45) is 0 Å². The lowest BCUT2D eigenvalue weighted by atomic mass is 9.93. The SMILES string of the molecule is CC(O)N/C=C\C=C/CCC1CC(c2ccc3c(c2)CCO3)CN1CC=O. The maximum atomic E-state index is 11.1. The van der Waals surface area contributed by atoms with Crippen molar-refractivity contribution in [3.63, 3.8) is 0 Å². The Kier molecular flexibility index (Phi) is 7.07. The molecule has 1 aromatic carbocycles. The number of benzene rings is 1. The van der Waals surface area contributed by atoms with Crippen LogP contribution in [-0.4, -0.2) is 48.3 Å². The number of rotatable bonds is 9. The fourth-order valence-electron chi connectivity index (χ4n) is 4.02. The summed E-state index contributed by atoms with van der Waals surface area (Å²) in [6.07, 6.45) is 12.4. The van der Waals surface area contributed by atoms with Crippen LogP contribution in [0.1, 0.15) is 43.2 Å². The Morgan fingerprint density at radius 1 is 1.41 bits per heavy atom. The Morgan fingerprint density at radius 3 is 3.11 bits per heavy atom. The molecule has 0 bridgehead atoms. The van der Waals surface area contributed by atoms with Crippen molar-refractivity contribution < 1.29 is 14.6 Å². The van der Waals surface area contributed by atoms with Crippen LogP contribution in [0.5, 0.6) is 5.75 Å². The topological polar surface area (TPSA) is 61.8 Å². The van der Waals surface area contributed by atoms with Crippen molar-refractivity contribution in [2.75, 3.05) is 19.7 Å². The van der Waals surface area contributed by atoms with E-state index in [2.05, 4.69) is 34.5 Å². The molecule has 1 aromatic rings. The molecular formula is C22H30N2O3. The van der Waals surface area contributed by atoms with Crippen LogP contribution in [-0.2, 0) is 11.2 Å². The number of allylic oxidation sites excluding steroid dienone is 3. The average molecular weight is 370 g/mol. The van der Waals surface area contributed by atoms with E-state index < -0.39 is 6.23 Å². The number of likely N-dealkylation sites (tertiary alicyclic amines) is 1. The van der Waals surface area contributed by atoms with Gasteiger partial charge in [0, 0.05) is 19.0 Å². The van der Waals surface area contributed by atoms with Gasteiger partial charge in [0.15, 0.2) is 0 Å². The zero-order valence-corrected chi connectivity index (χ0v) is 16.0. The van der Waals surface area contributed by atoms with E-state index in [9.17, 15) is 4.79 Å². The van der Waals surface area contributed by atoms with E-state index in [4.69, 9.17) is 9.84 Å². The third-order valence-electron chi connectivity index (χ3n) is 5.37. The summed E-state index contributed by atoms with van der Waals surface area (Å²) in [5, 5.41) is 11.9. The summed E-state index contributed by atoms with van der Waals surface area (Å²) in [5.74, 6) is 1.52. The van der Waals surface area contributed by atoms with E-state index in [1.165, 1.54) is 11.1 Å². The van der Waals surface area contributed by atoms with Gasteiger partial charge >= 0.3 is 0 Å². The minimum Gasteiger partial charge on any atom is -0.493 e. The summed E-state index contributed by atoms with van der Waals surface area (Å²) in [5.41, 5.74) is 2.69. The number of hydrogen-bond acceptors (Lipinski definition) is 5. The van der Waals surface area contributed by atoms with Crippen LogP contribution >= 0.6 is 0 Å². The summed E-state index contributed by atoms with van der Waals surface area (Å²) in [4.78, 5) is 13.4. The van der Waals surface area contributed by atoms with Crippen LogP contribution in [0.3, 0.4) is 0 Å². The smallest absolute Gasteiger partial charge is 0.133 e. The van der Waals surface area contributed by atoms with Gasteiger partial charge in [-0.3, -0.25) is 4.90 Å². The highest BCUT2D eigenvalue weighted by atomic mass is 16.5. The third-order valence-corrected chi connectivity index (χ3v) is 5.37. The summed E-state index contributed by atoms with van der Waals surface area (Å²) in [7, 11) is 0. The molecule has 2 heterocycles. The number of nitrogens with one attached hydrogen (secondary N) is 1. The van der Waals surface area contributed by atoms with Gasteiger partial charge in [-0.05, 0) is 61.6 Å². The van der Waals surface area contributed by atoms with E-state index in [-0.39, 0.29) is 0 Å². The van der Waals surface area contributed by atoms with Crippen molar-refractivity contribution >= 4 is 6.29 Å². The standard InChI is InChI=1S/C22H30N2O3/c1-17(26)23-10-5-3-2-4-6-21-15-20(16-24(21)11-12-25)18-7-8-22-19(14-18)9-13-27-22/h2-3,5,7-8,10,12,14,17,20-21,23,26H,4,6,9,11,13,15-16H2,1H3/b3-2-,10-5-. The van der Waals surface area contributed by atoms with E-state index in [0.29, 0.717) is 18.5 Å². The van der Waals surface area contributed by atoms with E-state index in [1.54, 1.807) is 13.1 Å². The van der Waals surface area contributed by atoms with E-state index >= 15 is 0 Å². The Labute approximate surface area is 161 Å². The largest absolute Gasteiger partial charge is 0.493 e. The zero-order chi connectivity index (χ0) is 19.1. The molecule has 2 aliphatic rings. The first-order valence-corrected chi connectivity index (χ1v) is 9.86. The molecule has 3 atom stereocenters. The monoisotopic (exact) mass is 370 g/mol. The number of fused-ring (bicyclic) bond motifs is 1. The van der Waals surface area contributed by atoms with Crippen molar-refractivity contribution in [3.05, 3.63) is 53.8 Å². The fraction of sp³-hybridized carbons (Fsp3) is 0.500. The molecule has 0 radical (unpaired) electrons. The highest BCUT2D eigenvalue weighted by Crippen LogP contribution is 2.36. The van der Waals surface area contributed by atoms with Gasteiger partial charge in [-0.15, -0.1) is 0 Å². The molecule has 0 saturated carbocycles. The van der Waals surface area contributed by atoms with E-state index in [0.717, 1.165) is 50.9 Å². The van der Waals surface area contributed by atoms with Crippen molar-refractivity contribution in [1.82, 2.24) is 10.2 Å².